The summed E-state index contributed by atoms with van der Waals surface area (Å²) in [6.07, 6.45) is 3.17. The van der Waals surface area contributed by atoms with Crippen molar-refractivity contribution in [1.82, 2.24) is 24.6 Å². The van der Waals surface area contributed by atoms with Crippen LogP contribution >= 0.6 is 23.7 Å². The van der Waals surface area contributed by atoms with Gasteiger partial charge in [-0.1, -0.05) is 15.9 Å². The highest BCUT2D eigenvalue weighted by Crippen LogP contribution is 2.48. The van der Waals surface area contributed by atoms with Gasteiger partial charge >= 0.3 is 13.7 Å². The summed E-state index contributed by atoms with van der Waals surface area (Å²) in [5.41, 5.74) is 7.10. The van der Waals surface area contributed by atoms with Crippen molar-refractivity contribution in [3.8, 4) is 5.75 Å². The number of fused-ring (bicyclic) bond motifs is 1. The minimum absolute atomic E-state index is 0.0918. The molecule has 14 heteroatoms. The van der Waals surface area contributed by atoms with Gasteiger partial charge in [-0.25, -0.2) is 9.55 Å². The molecule has 2 aromatic heterocycles. The predicted octanol–water partition coefficient (Wildman–Crippen LogP) is 3.43. The van der Waals surface area contributed by atoms with E-state index >= 15 is 0 Å². The summed E-state index contributed by atoms with van der Waals surface area (Å²) in [4.78, 5) is 24.2. The second kappa shape index (κ2) is 9.87. The molecule has 0 bridgehead atoms. The number of aliphatic carboxylic acids is 1. The zero-order valence-electron chi connectivity index (χ0n) is 18.5. The van der Waals surface area contributed by atoms with Crippen LogP contribution in [0.2, 0.25) is 0 Å². The van der Waals surface area contributed by atoms with Crippen LogP contribution in [0.3, 0.4) is 0 Å². The van der Waals surface area contributed by atoms with E-state index in [1.54, 1.807) is 37.6 Å². The van der Waals surface area contributed by atoms with E-state index in [0.717, 1.165) is 17.3 Å². The molecule has 0 saturated heterocycles. The van der Waals surface area contributed by atoms with Gasteiger partial charge in [0, 0.05) is 17.6 Å². The van der Waals surface area contributed by atoms with Gasteiger partial charge in [0.1, 0.15) is 11.8 Å². The number of anilines is 2. The van der Waals surface area contributed by atoms with Gasteiger partial charge in [-0.2, -0.15) is 15.1 Å². The number of rotatable bonds is 10. The topological polar surface area (TPSA) is 167 Å². The van der Waals surface area contributed by atoms with Crippen LogP contribution in [-0.4, -0.2) is 50.3 Å². The number of nitrogens with zero attached hydrogens (tertiary/aromatic N) is 4. The molecule has 4 rings (SSSR count). The van der Waals surface area contributed by atoms with Crippen LogP contribution in [0.5, 0.6) is 5.75 Å². The van der Waals surface area contributed by atoms with Crippen molar-refractivity contribution in [3.63, 3.8) is 0 Å². The molecule has 2 heterocycles. The van der Waals surface area contributed by atoms with Crippen molar-refractivity contribution >= 4 is 52.6 Å². The third-order valence-electron chi connectivity index (χ3n) is 5.52. The van der Waals surface area contributed by atoms with Crippen molar-refractivity contribution in [3.05, 3.63) is 35.1 Å². The molecule has 1 aliphatic rings. The second-order valence-electron chi connectivity index (χ2n) is 8.02. The smallest absolute Gasteiger partial charge is 0.459 e. The van der Waals surface area contributed by atoms with Gasteiger partial charge in [0.05, 0.1) is 12.9 Å². The minimum atomic E-state index is -3.95. The Morgan fingerprint density at radius 2 is 2.06 bits per heavy atom. The summed E-state index contributed by atoms with van der Waals surface area (Å²) in [6.45, 7) is 1.51. The first-order valence-electron chi connectivity index (χ1n) is 10.6. The van der Waals surface area contributed by atoms with Crippen molar-refractivity contribution in [2.24, 2.45) is 5.92 Å². The molecule has 2 unspecified atom stereocenters. The van der Waals surface area contributed by atoms with E-state index in [4.69, 9.17) is 14.8 Å². The zero-order valence-corrected chi connectivity index (χ0v) is 21.0. The van der Waals surface area contributed by atoms with Gasteiger partial charge in [-0.15, -0.1) is 0 Å². The number of nitrogens with two attached hydrogens (primary N) is 1. The first-order chi connectivity index (χ1) is 16.2. The number of carboxylic acids is 1. The van der Waals surface area contributed by atoms with Crippen molar-refractivity contribution in [2.45, 2.75) is 31.8 Å². The van der Waals surface area contributed by atoms with Crippen LogP contribution in [0.15, 0.2) is 35.1 Å². The summed E-state index contributed by atoms with van der Waals surface area (Å²) in [6, 6.07) is 5.67. The second-order valence-corrected chi connectivity index (χ2v) is 10.6. The lowest BCUT2D eigenvalue weighted by Gasteiger charge is -2.36. The van der Waals surface area contributed by atoms with Crippen molar-refractivity contribution in [2.75, 3.05) is 24.7 Å². The number of halogens is 1. The number of imidazole rings is 1. The van der Waals surface area contributed by atoms with Crippen LogP contribution in [0.25, 0.3) is 11.2 Å². The largest absolute Gasteiger partial charge is 0.480 e. The molecular formula is C20H25BrN7O5P. The van der Waals surface area contributed by atoms with Crippen LogP contribution < -0.4 is 20.7 Å². The molecule has 3 aromatic rings. The highest BCUT2D eigenvalue weighted by atomic mass is 79.9. The molecule has 0 amide bonds. The van der Waals surface area contributed by atoms with E-state index in [-0.39, 0.29) is 24.5 Å². The van der Waals surface area contributed by atoms with Gasteiger partial charge in [-0.05, 0) is 49.9 Å². The number of carbonyl (C=O) groups is 1. The summed E-state index contributed by atoms with van der Waals surface area (Å²) in [7, 11) is -2.21. The fraction of sp³-hybridized carbons (Fsp3) is 0.400. The maximum absolute atomic E-state index is 13.3. The van der Waals surface area contributed by atoms with Crippen molar-refractivity contribution < 1.29 is 23.5 Å². The maximum atomic E-state index is 13.3. The Balaban J connectivity index is 1.41. The third-order valence-corrected chi connectivity index (χ3v) is 7.69. The lowest BCUT2D eigenvalue weighted by atomic mass is 9.81. The SMILES string of the molecule is CNc1nc(N)nc2c1ncn2C1CC(COP(=O)(NC(C)C(=O)O)Oc2ccc(Br)cc2)C1. The molecule has 12 nitrogen and oxygen atoms in total. The van der Waals surface area contributed by atoms with Gasteiger partial charge in [0.2, 0.25) is 5.95 Å². The normalized spacial score (nSPS) is 20.3. The van der Waals surface area contributed by atoms with Gasteiger partial charge in [0.15, 0.2) is 17.0 Å². The van der Waals surface area contributed by atoms with E-state index < -0.39 is 19.8 Å². The minimum Gasteiger partial charge on any atom is -0.480 e. The van der Waals surface area contributed by atoms with Crippen LogP contribution in [0, 0.1) is 5.92 Å². The van der Waals surface area contributed by atoms with Crippen LogP contribution in [0.4, 0.5) is 11.8 Å². The number of hydrogen-bond donors (Lipinski definition) is 4. The number of nitrogens with one attached hydrogen (secondary N) is 2. The fourth-order valence-electron chi connectivity index (χ4n) is 3.66. The third kappa shape index (κ3) is 5.33. The van der Waals surface area contributed by atoms with E-state index in [2.05, 4.69) is 41.3 Å². The number of aromatic nitrogens is 4. The van der Waals surface area contributed by atoms with Gasteiger partial charge < -0.3 is 25.2 Å². The Morgan fingerprint density at radius 1 is 1.35 bits per heavy atom. The summed E-state index contributed by atoms with van der Waals surface area (Å²) < 4.78 is 27.4. The fourth-order valence-corrected chi connectivity index (χ4v) is 5.49. The van der Waals surface area contributed by atoms with Gasteiger partial charge in [0.25, 0.3) is 0 Å². The van der Waals surface area contributed by atoms with E-state index in [9.17, 15) is 14.5 Å². The molecule has 34 heavy (non-hydrogen) atoms. The summed E-state index contributed by atoms with van der Waals surface area (Å²) in [5.74, 6) is -0.0616. The highest BCUT2D eigenvalue weighted by Gasteiger charge is 2.37. The van der Waals surface area contributed by atoms with Crippen molar-refractivity contribution in [1.29, 1.82) is 0 Å². The molecule has 1 saturated carbocycles. The highest BCUT2D eigenvalue weighted by molar-refractivity contribution is 9.10. The number of carboxylic acid groups (broad SMARTS) is 1. The molecule has 182 valence electrons. The molecule has 1 aliphatic carbocycles. The average molecular weight is 554 g/mol. The summed E-state index contributed by atoms with van der Waals surface area (Å²) in [5, 5.41) is 14.7. The molecule has 0 radical (unpaired) electrons. The molecule has 2 atom stereocenters. The van der Waals surface area contributed by atoms with Crippen LogP contribution in [0.1, 0.15) is 25.8 Å². The Bertz CT molecular complexity index is 1230. The number of hydrogen-bond acceptors (Lipinski definition) is 9. The zero-order chi connectivity index (χ0) is 24.5. The Labute approximate surface area is 204 Å². The molecule has 1 aromatic carbocycles. The first kappa shape index (κ1) is 24.4. The lowest BCUT2D eigenvalue weighted by molar-refractivity contribution is -0.138. The molecule has 5 N–H and O–H groups in total. The van der Waals surface area contributed by atoms with Crippen LogP contribution in [-0.2, 0) is 13.9 Å². The first-order valence-corrected chi connectivity index (χ1v) is 12.9. The summed E-state index contributed by atoms with van der Waals surface area (Å²) >= 11 is 3.33. The number of benzene rings is 1. The average Bonchev–Trinajstić information content (AvgIpc) is 3.17. The quantitative estimate of drug-likeness (QED) is 0.271. The van der Waals surface area contributed by atoms with E-state index in [0.29, 0.717) is 22.7 Å². The maximum Gasteiger partial charge on any atom is 0.459 e. The molecule has 0 aliphatic heterocycles. The van der Waals surface area contributed by atoms with E-state index in [1.165, 1.54) is 6.92 Å². The molecule has 1 fully saturated rings. The Kier molecular flexibility index (Phi) is 7.08. The molecule has 0 spiro atoms. The van der Waals surface area contributed by atoms with Gasteiger partial charge in [-0.3, -0.25) is 9.32 Å². The Morgan fingerprint density at radius 3 is 2.71 bits per heavy atom. The Hall–Kier alpha value is -2.73. The molecular weight excluding hydrogens is 529 g/mol. The van der Waals surface area contributed by atoms with E-state index in [1.807, 2.05) is 4.57 Å². The predicted molar refractivity (Wildman–Crippen MR) is 130 cm³/mol. The number of nitrogen functional groups attached to an aromatic ring is 1. The lowest BCUT2D eigenvalue weighted by Crippen LogP contribution is -2.35. The monoisotopic (exact) mass is 553 g/mol. The standard InChI is InChI=1S/C20H25BrN7O5P/c1-11(19(29)30)27-34(31,33-15-5-3-13(21)4-6-15)32-9-12-7-14(8-12)28-10-24-16-17(23-2)25-20(22)26-18(16)28/h3-6,10-12,14H,7-9H2,1-2H3,(H,27,31)(H,29,30)(H3,22,23,25,26).